The molecular weight excluding hydrogens is 312 g/mol. The van der Waals surface area contributed by atoms with Crippen molar-refractivity contribution in [3.63, 3.8) is 0 Å². The molecule has 1 aliphatic heterocycles. The highest BCUT2D eigenvalue weighted by atomic mass is 15.3. The second kappa shape index (κ2) is 6.11. The van der Waals surface area contributed by atoms with Gasteiger partial charge in [-0.25, -0.2) is 9.50 Å². The normalized spacial score (nSPS) is 18.0. The average Bonchev–Trinajstić information content (AvgIpc) is 3.38. The fourth-order valence-corrected chi connectivity index (χ4v) is 3.57. The number of hydrogen-bond acceptors (Lipinski definition) is 5. The first-order chi connectivity index (χ1) is 12.4. The molecule has 0 amide bonds. The molecule has 0 aromatic carbocycles. The SMILES string of the molecule is c1cc(-c2cnc3c(CC4CC4)cc(N4CCNCC4)nn23)ccn1. The Morgan fingerprint density at radius 2 is 1.92 bits per heavy atom. The van der Waals surface area contributed by atoms with Gasteiger partial charge in [-0.1, -0.05) is 0 Å². The maximum Gasteiger partial charge on any atom is 0.157 e. The van der Waals surface area contributed by atoms with Crippen molar-refractivity contribution in [2.75, 3.05) is 31.1 Å². The Labute approximate surface area is 146 Å². The van der Waals surface area contributed by atoms with Crippen molar-refractivity contribution >= 4 is 11.5 Å². The Kier molecular flexibility index (Phi) is 3.63. The Balaban J connectivity index is 1.64. The van der Waals surface area contributed by atoms with E-state index in [9.17, 15) is 0 Å². The van der Waals surface area contributed by atoms with Crippen LogP contribution in [0.1, 0.15) is 18.4 Å². The second-order valence-electron chi connectivity index (χ2n) is 7.03. The number of fused-ring (bicyclic) bond motifs is 1. The summed E-state index contributed by atoms with van der Waals surface area (Å²) in [5, 5.41) is 8.37. The Hall–Kier alpha value is -2.47. The quantitative estimate of drug-likeness (QED) is 0.792. The van der Waals surface area contributed by atoms with Crippen LogP contribution in [0.25, 0.3) is 16.9 Å². The van der Waals surface area contributed by atoms with Gasteiger partial charge in [0.25, 0.3) is 0 Å². The highest BCUT2D eigenvalue weighted by Gasteiger charge is 2.25. The molecule has 25 heavy (non-hydrogen) atoms. The van der Waals surface area contributed by atoms with E-state index in [2.05, 4.69) is 21.3 Å². The number of piperazine rings is 1. The predicted molar refractivity (Wildman–Crippen MR) is 97.7 cm³/mol. The van der Waals surface area contributed by atoms with Gasteiger partial charge < -0.3 is 10.2 Å². The van der Waals surface area contributed by atoms with Crippen LogP contribution in [0.5, 0.6) is 0 Å². The molecule has 0 unspecified atom stereocenters. The lowest BCUT2D eigenvalue weighted by atomic mass is 10.1. The molecule has 5 rings (SSSR count). The zero-order valence-electron chi connectivity index (χ0n) is 14.2. The van der Waals surface area contributed by atoms with E-state index in [4.69, 9.17) is 10.1 Å². The van der Waals surface area contributed by atoms with Gasteiger partial charge in [-0.3, -0.25) is 4.98 Å². The first kappa shape index (κ1) is 14.8. The van der Waals surface area contributed by atoms with Crippen LogP contribution in [0.2, 0.25) is 0 Å². The summed E-state index contributed by atoms with van der Waals surface area (Å²) in [4.78, 5) is 11.2. The van der Waals surface area contributed by atoms with Gasteiger partial charge in [0.05, 0.1) is 11.9 Å². The van der Waals surface area contributed by atoms with Gasteiger partial charge in [0.2, 0.25) is 0 Å². The van der Waals surface area contributed by atoms with Gasteiger partial charge in [0.15, 0.2) is 5.65 Å². The van der Waals surface area contributed by atoms with Crippen LogP contribution < -0.4 is 10.2 Å². The summed E-state index contributed by atoms with van der Waals surface area (Å²) >= 11 is 0. The van der Waals surface area contributed by atoms with Gasteiger partial charge in [0.1, 0.15) is 5.82 Å². The van der Waals surface area contributed by atoms with Crippen molar-refractivity contribution in [3.8, 4) is 11.3 Å². The first-order valence-corrected chi connectivity index (χ1v) is 9.12. The van der Waals surface area contributed by atoms with Gasteiger partial charge in [-0.15, -0.1) is 5.10 Å². The van der Waals surface area contributed by atoms with Crippen LogP contribution in [0, 0.1) is 5.92 Å². The molecular formula is C19H22N6. The zero-order chi connectivity index (χ0) is 16.6. The van der Waals surface area contributed by atoms with Crippen molar-refractivity contribution in [3.05, 3.63) is 42.4 Å². The highest BCUT2D eigenvalue weighted by Crippen LogP contribution is 2.35. The summed E-state index contributed by atoms with van der Waals surface area (Å²) in [6.07, 6.45) is 9.37. The molecule has 3 aromatic rings. The third kappa shape index (κ3) is 2.87. The predicted octanol–water partition coefficient (Wildman–Crippen LogP) is 2.15. The fourth-order valence-electron chi connectivity index (χ4n) is 3.57. The maximum absolute atomic E-state index is 4.96. The molecule has 1 saturated heterocycles. The lowest BCUT2D eigenvalue weighted by molar-refractivity contribution is 0.581. The summed E-state index contributed by atoms with van der Waals surface area (Å²) in [7, 11) is 0. The molecule has 6 heteroatoms. The van der Waals surface area contributed by atoms with E-state index in [0.717, 1.165) is 61.2 Å². The van der Waals surface area contributed by atoms with Crippen molar-refractivity contribution < 1.29 is 0 Å². The van der Waals surface area contributed by atoms with E-state index in [-0.39, 0.29) is 0 Å². The van der Waals surface area contributed by atoms with Crippen molar-refractivity contribution in [1.82, 2.24) is 24.9 Å². The molecule has 128 valence electrons. The van der Waals surface area contributed by atoms with E-state index in [1.165, 1.54) is 18.4 Å². The summed E-state index contributed by atoms with van der Waals surface area (Å²) in [5.74, 6) is 1.89. The fraction of sp³-hybridized carbons (Fsp3) is 0.421. The molecule has 0 radical (unpaired) electrons. The zero-order valence-corrected chi connectivity index (χ0v) is 14.2. The Morgan fingerprint density at radius 3 is 2.68 bits per heavy atom. The number of anilines is 1. The van der Waals surface area contributed by atoms with E-state index in [1.54, 1.807) is 0 Å². The van der Waals surface area contributed by atoms with E-state index >= 15 is 0 Å². The van der Waals surface area contributed by atoms with Crippen LogP contribution in [-0.4, -0.2) is 45.8 Å². The van der Waals surface area contributed by atoms with E-state index in [1.807, 2.05) is 35.2 Å². The summed E-state index contributed by atoms with van der Waals surface area (Å²) in [6, 6.07) is 6.30. The molecule has 1 aliphatic carbocycles. The summed E-state index contributed by atoms with van der Waals surface area (Å²) < 4.78 is 2.03. The molecule has 1 N–H and O–H groups in total. The highest BCUT2D eigenvalue weighted by molar-refractivity contribution is 5.65. The smallest absolute Gasteiger partial charge is 0.157 e. The minimum absolute atomic E-state index is 0.822. The maximum atomic E-state index is 4.96. The van der Waals surface area contributed by atoms with Gasteiger partial charge in [-0.2, -0.15) is 0 Å². The van der Waals surface area contributed by atoms with Crippen molar-refractivity contribution in [1.29, 1.82) is 0 Å². The standard InChI is InChI=1S/C19H22N6/c1-2-14(1)11-16-12-18(24-9-7-21-8-10-24)23-25-17(13-22-19(16)25)15-3-5-20-6-4-15/h3-6,12-14,21H,1-2,7-11H2. The van der Waals surface area contributed by atoms with Gasteiger partial charge >= 0.3 is 0 Å². The largest absolute Gasteiger partial charge is 0.353 e. The molecule has 0 spiro atoms. The molecule has 2 aliphatic rings. The number of hydrogen-bond donors (Lipinski definition) is 1. The number of pyridine rings is 1. The molecule has 0 bridgehead atoms. The molecule has 0 atom stereocenters. The number of nitrogens with zero attached hydrogens (tertiary/aromatic N) is 5. The van der Waals surface area contributed by atoms with Crippen LogP contribution in [-0.2, 0) is 6.42 Å². The molecule has 6 nitrogen and oxygen atoms in total. The monoisotopic (exact) mass is 334 g/mol. The van der Waals surface area contributed by atoms with Gasteiger partial charge in [0, 0.05) is 49.7 Å². The third-order valence-corrected chi connectivity index (χ3v) is 5.15. The Bertz CT molecular complexity index is 878. The van der Waals surface area contributed by atoms with Crippen LogP contribution in [0.15, 0.2) is 36.8 Å². The van der Waals surface area contributed by atoms with Crippen LogP contribution in [0.3, 0.4) is 0 Å². The van der Waals surface area contributed by atoms with Gasteiger partial charge in [-0.05, 0) is 43.4 Å². The summed E-state index contributed by atoms with van der Waals surface area (Å²) in [5.41, 5.74) is 4.46. The van der Waals surface area contributed by atoms with Crippen LogP contribution in [0.4, 0.5) is 5.82 Å². The van der Waals surface area contributed by atoms with Crippen molar-refractivity contribution in [2.45, 2.75) is 19.3 Å². The summed E-state index contributed by atoms with van der Waals surface area (Å²) in [6.45, 7) is 4.03. The van der Waals surface area contributed by atoms with Crippen LogP contribution >= 0.6 is 0 Å². The minimum Gasteiger partial charge on any atom is -0.353 e. The van der Waals surface area contributed by atoms with E-state index < -0.39 is 0 Å². The van der Waals surface area contributed by atoms with Crippen molar-refractivity contribution in [2.24, 2.45) is 5.92 Å². The number of imidazole rings is 1. The minimum atomic E-state index is 0.822. The number of rotatable bonds is 4. The topological polar surface area (TPSA) is 58.4 Å². The number of nitrogens with one attached hydrogen (secondary N) is 1. The first-order valence-electron chi connectivity index (χ1n) is 9.12. The average molecular weight is 334 g/mol. The molecule has 4 heterocycles. The lowest BCUT2D eigenvalue weighted by Crippen LogP contribution is -2.44. The molecule has 3 aromatic heterocycles. The number of aromatic nitrogens is 4. The second-order valence-corrected chi connectivity index (χ2v) is 7.03. The Morgan fingerprint density at radius 1 is 1.12 bits per heavy atom. The third-order valence-electron chi connectivity index (χ3n) is 5.15. The van der Waals surface area contributed by atoms with E-state index in [0.29, 0.717) is 0 Å². The molecule has 2 fully saturated rings. The lowest BCUT2D eigenvalue weighted by Gasteiger charge is -2.28. The molecule has 1 saturated carbocycles.